The van der Waals surface area contributed by atoms with Gasteiger partial charge in [-0.3, -0.25) is 4.79 Å². The van der Waals surface area contributed by atoms with Crippen molar-refractivity contribution in [2.45, 2.75) is 31.2 Å². The summed E-state index contributed by atoms with van der Waals surface area (Å²) in [6.45, 7) is 5.23. The van der Waals surface area contributed by atoms with Gasteiger partial charge in [0.05, 0.1) is 18.0 Å². The lowest BCUT2D eigenvalue weighted by atomic mass is 10.2. The molecule has 0 aliphatic carbocycles. The summed E-state index contributed by atoms with van der Waals surface area (Å²) in [4.78, 5) is 22.0. The van der Waals surface area contributed by atoms with Gasteiger partial charge in [-0.25, -0.2) is 4.98 Å². The monoisotopic (exact) mass is 357 g/mol. The Labute approximate surface area is 149 Å². The molecular weight excluding hydrogens is 338 g/mol. The van der Waals surface area contributed by atoms with Crippen LogP contribution in [-0.4, -0.2) is 62.0 Å². The number of aromatic nitrogens is 4. The molecule has 4 rings (SSSR count). The van der Waals surface area contributed by atoms with Gasteiger partial charge in [0.25, 0.3) is 0 Å². The summed E-state index contributed by atoms with van der Waals surface area (Å²) in [5.74, 6) is 0.375. The molecule has 1 fully saturated rings. The number of carbonyl (C=O) groups excluding carboxylic acids is 1. The third-order valence-corrected chi connectivity index (χ3v) is 5.02. The van der Waals surface area contributed by atoms with Gasteiger partial charge in [-0.05, 0) is 19.9 Å². The number of nitrogens with one attached hydrogen (secondary N) is 1. The fourth-order valence-corrected chi connectivity index (χ4v) is 3.86. The van der Waals surface area contributed by atoms with E-state index in [2.05, 4.69) is 20.2 Å². The van der Waals surface area contributed by atoms with E-state index < -0.39 is 0 Å². The Bertz CT molecular complexity index is 918. The highest BCUT2D eigenvalue weighted by molar-refractivity contribution is 7.99. The lowest BCUT2D eigenvalue weighted by molar-refractivity contribution is -0.140. The lowest BCUT2D eigenvalue weighted by Crippen LogP contribution is -2.48. The topological polar surface area (TPSA) is 84.0 Å². The minimum Gasteiger partial charge on any atom is -0.372 e. The molecular formula is C17H19N5O2S. The van der Waals surface area contributed by atoms with Gasteiger partial charge in [0.1, 0.15) is 5.52 Å². The van der Waals surface area contributed by atoms with E-state index in [-0.39, 0.29) is 18.1 Å². The van der Waals surface area contributed by atoms with Crippen molar-refractivity contribution in [3.05, 3.63) is 24.3 Å². The first-order valence-electron chi connectivity index (χ1n) is 8.27. The smallest absolute Gasteiger partial charge is 0.233 e. The molecule has 1 aliphatic rings. The van der Waals surface area contributed by atoms with Crippen molar-refractivity contribution in [1.29, 1.82) is 0 Å². The SMILES string of the molecule is C[C@H]1CN(C(=O)CSc2nnc3c(n2)[nH]c2ccccc23)C[C@H](C)O1. The van der Waals surface area contributed by atoms with Gasteiger partial charge in [-0.15, -0.1) is 10.2 Å². The molecule has 1 aromatic carbocycles. The highest BCUT2D eigenvalue weighted by Gasteiger charge is 2.26. The molecule has 2 aromatic heterocycles. The number of carbonyl (C=O) groups is 1. The van der Waals surface area contributed by atoms with E-state index in [0.29, 0.717) is 29.6 Å². The first kappa shape index (κ1) is 16.3. The normalized spacial score (nSPS) is 21.1. The molecule has 8 heteroatoms. The highest BCUT2D eigenvalue weighted by Crippen LogP contribution is 2.23. The largest absolute Gasteiger partial charge is 0.372 e. The second-order valence-electron chi connectivity index (χ2n) is 6.31. The fourth-order valence-electron chi connectivity index (χ4n) is 3.17. The molecule has 2 atom stereocenters. The van der Waals surface area contributed by atoms with E-state index in [0.717, 1.165) is 16.4 Å². The number of amides is 1. The van der Waals surface area contributed by atoms with Crippen LogP contribution in [0, 0.1) is 0 Å². The van der Waals surface area contributed by atoms with Crippen molar-refractivity contribution >= 4 is 39.7 Å². The summed E-state index contributed by atoms with van der Waals surface area (Å²) in [6.07, 6.45) is 0.136. The first-order valence-corrected chi connectivity index (χ1v) is 9.26. The van der Waals surface area contributed by atoms with Gasteiger partial charge in [-0.2, -0.15) is 0 Å². The molecule has 1 aliphatic heterocycles. The van der Waals surface area contributed by atoms with Crippen LogP contribution in [0.25, 0.3) is 22.1 Å². The Morgan fingerprint density at radius 1 is 1.28 bits per heavy atom. The summed E-state index contributed by atoms with van der Waals surface area (Å²) in [5.41, 5.74) is 2.43. The second-order valence-corrected chi connectivity index (χ2v) is 7.25. The number of H-pyrrole nitrogens is 1. The molecule has 3 aromatic rings. The van der Waals surface area contributed by atoms with Crippen molar-refractivity contribution in [1.82, 2.24) is 25.1 Å². The van der Waals surface area contributed by atoms with Crippen molar-refractivity contribution in [2.24, 2.45) is 0 Å². The van der Waals surface area contributed by atoms with Crippen molar-refractivity contribution in [2.75, 3.05) is 18.8 Å². The second kappa shape index (κ2) is 6.61. The maximum absolute atomic E-state index is 12.4. The van der Waals surface area contributed by atoms with E-state index in [1.165, 1.54) is 11.8 Å². The highest BCUT2D eigenvalue weighted by atomic mass is 32.2. The summed E-state index contributed by atoms with van der Waals surface area (Å²) in [5, 5.41) is 9.94. The third-order valence-electron chi connectivity index (χ3n) is 4.20. The molecule has 0 saturated carbocycles. The van der Waals surface area contributed by atoms with E-state index in [1.54, 1.807) is 0 Å². The van der Waals surface area contributed by atoms with Gasteiger partial charge in [0.2, 0.25) is 11.1 Å². The number of thioether (sulfide) groups is 1. The van der Waals surface area contributed by atoms with Crippen molar-refractivity contribution in [3.63, 3.8) is 0 Å². The zero-order valence-corrected chi connectivity index (χ0v) is 14.9. The number of hydrogen-bond donors (Lipinski definition) is 1. The van der Waals surface area contributed by atoms with Gasteiger partial charge in [-0.1, -0.05) is 30.0 Å². The number of hydrogen-bond acceptors (Lipinski definition) is 6. The molecule has 7 nitrogen and oxygen atoms in total. The molecule has 1 amide bonds. The summed E-state index contributed by atoms with van der Waals surface area (Å²) >= 11 is 1.31. The number of nitrogens with zero attached hydrogens (tertiary/aromatic N) is 4. The standard InChI is InChI=1S/C17H19N5O2S/c1-10-7-22(8-11(2)24-10)14(23)9-25-17-19-16-15(20-21-17)12-5-3-4-6-13(12)18-16/h3-6,10-11H,7-9H2,1-2H3,(H,18,19,21)/t10-,11-/m0/s1. The van der Waals surface area contributed by atoms with Gasteiger partial charge in [0, 0.05) is 24.0 Å². The Morgan fingerprint density at radius 2 is 2.04 bits per heavy atom. The maximum atomic E-state index is 12.4. The molecule has 3 heterocycles. The van der Waals surface area contributed by atoms with Crippen LogP contribution in [0.5, 0.6) is 0 Å². The first-order chi connectivity index (χ1) is 12.1. The van der Waals surface area contributed by atoms with Crippen LogP contribution in [0.4, 0.5) is 0 Å². The van der Waals surface area contributed by atoms with Crippen LogP contribution in [-0.2, 0) is 9.53 Å². The zero-order chi connectivity index (χ0) is 17.4. The fraction of sp³-hybridized carbons (Fsp3) is 0.412. The predicted octanol–water partition coefficient (Wildman–Crippen LogP) is 2.23. The summed E-state index contributed by atoms with van der Waals surface area (Å²) in [7, 11) is 0. The van der Waals surface area contributed by atoms with E-state index >= 15 is 0 Å². The van der Waals surface area contributed by atoms with Gasteiger partial charge in [0.15, 0.2) is 5.65 Å². The van der Waals surface area contributed by atoms with Crippen LogP contribution < -0.4 is 0 Å². The Balaban J connectivity index is 1.47. The summed E-state index contributed by atoms with van der Waals surface area (Å²) in [6, 6.07) is 7.89. The maximum Gasteiger partial charge on any atom is 0.233 e. The minimum absolute atomic E-state index is 0.0679. The molecule has 0 radical (unpaired) electrons. The number of morpholine rings is 1. The average molecular weight is 357 g/mol. The number of rotatable bonds is 3. The molecule has 1 saturated heterocycles. The quantitative estimate of drug-likeness (QED) is 0.724. The van der Waals surface area contributed by atoms with E-state index in [1.807, 2.05) is 43.0 Å². The summed E-state index contributed by atoms with van der Waals surface area (Å²) < 4.78 is 5.67. The van der Waals surface area contributed by atoms with Crippen LogP contribution in [0.2, 0.25) is 0 Å². The molecule has 0 bridgehead atoms. The van der Waals surface area contributed by atoms with E-state index in [9.17, 15) is 4.79 Å². The van der Waals surface area contributed by atoms with Crippen molar-refractivity contribution < 1.29 is 9.53 Å². The zero-order valence-electron chi connectivity index (χ0n) is 14.1. The molecule has 130 valence electrons. The van der Waals surface area contributed by atoms with Gasteiger partial charge >= 0.3 is 0 Å². The van der Waals surface area contributed by atoms with Crippen LogP contribution in [0.3, 0.4) is 0 Å². The third kappa shape index (κ3) is 3.32. The number of aromatic amines is 1. The Kier molecular flexibility index (Phi) is 4.30. The van der Waals surface area contributed by atoms with Crippen LogP contribution in [0.15, 0.2) is 29.4 Å². The Morgan fingerprint density at radius 3 is 2.84 bits per heavy atom. The van der Waals surface area contributed by atoms with Gasteiger partial charge < -0.3 is 14.6 Å². The molecule has 0 unspecified atom stereocenters. The predicted molar refractivity (Wildman–Crippen MR) is 96.5 cm³/mol. The minimum atomic E-state index is 0.0679. The number of benzene rings is 1. The Hall–Kier alpha value is -2.19. The van der Waals surface area contributed by atoms with Crippen molar-refractivity contribution in [3.8, 4) is 0 Å². The molecule has 0 spiro atoms. The average Bonchev–Trinajstić information content (AvgIpc) is 2.96. The van der Waals surface area contributed by atoms with E-state index in [4.69, 9.17) is 4.74 Å². The number of para-hydroxylation sites is 1. The molecule has 1 N–H and O–H groups in total. The lowest BCUT2D eigenvalue weighted by Gasteiger charge is -2.35. The molecule has 25 heavy (non-hydrogen) atoms. The number of fused-ring (bicyclic) bond motifs is 3. The number of ether oxygens (including phenoxy) is 1. The van der Waals surface area contributed by atoms with Crippen LogP contribution >= 0.6 is 11.8 Å². The van der Waals surface area contributed by atoms with Crippen LogP contribution in [0.1, 0.15) is 13.8 Å².